The second-order valence-corrected chi connectivity index (χ2v) is 8.94. The summed E-state index contributed by atoms with van der Waals surface area (Å²) in [7, 11) is -2.93. The Morgan fingerprint density at radius 1 is 1.38 bits per heavy atom. The van der Waals surface area contributed by atoms with Gasteiger partial charge in [-0.3, -0.25) is 13.0 Å². The fraction of sp³-hybridized carbons (Fsp3) is 0.909. The minimum absolute atomic E-state index is 0.0731. The summed E-state index contributed by atoms with van der Waals surface area (Å²) in [6.07, 6.45) is 1.43. The van der Waals surface area contributed by atoms with Crippen molar-refractivity contribution in [3.05, 3.63) is 0 Å². The van der Waals surface area contributed by atoms with Crippen LogP contribution in [0.5, 0.6) is 0 Å². The molecule has 0 aromatic heterocycles. The van der Waals surface area contributed by atoms with Gasteiger partial charge in [-0.05, 0) is 18.8 Å². The molecule has 0 amide bonds. The lowest BCUT2D eigenvalue weighted by Crippen LogP contribution is -2.43. The van der Waals surface area contributed by atoms with Gasteiger partial charge in [0, 0.05) is 11.1 Å². The summed E-state index contributed by atoms with van der Waals surface area (Å²) in [5.41, 5.74) is 0. The Balaban J connectivity index is 2.59. The van der Waals surface area contributed by atoms with Crippen LogP contribution in [0.4, 0.5) is 8.22 Å². The molecule has 1 saturated carbocycles. The summed E-state index contributed by atoms with van der Waals surface area (Å²) >= 11 is 0. The van der Waals surface area contributed by atoms with Crippen LogP contribution < -0.4 is 0 Å². The highest BCUT2D eigenvalue weighted by atomic mass is 28.4. The summed E-state index contributed by atoms with van der Waals surface area (Å²) in [5, 5.41) is -0.913. The van der Waals surface area contributed by atoms with Crippen LogP contribution in [0.15, 0.2) is 0 Å². The van der Waals surface area contributed by atoms with Crippen LogP contribution in [0.2, 0.25) is 11.1 Å². The van der Waals surface area contributed by atoms with E-state index in [4.69, 9.17) is 0 Å². The average molecular weight is 250 g/mol. The van der Waals surface area contributed by atoms with Gasteiger partial charge in [0.2, 0.25) is 0 Å². The Labute approximate surface area is 96.7 Å². The molecular formula is C11H20F2O2Si. The van der Waals surface area contributed by atoms with Gasteiger partial charge < -0.3 is 4.74 Å². The van der Waals surface area contributed by atoms with Gasteiger partial charge >= 0.3 is 14.7 Å². The summed E-state index contributed by atoms with van der Waals surface area (Å²) in [5.74, 6) is -0.769. The first-order valence-electron chi connectivity index (χ1n) is 5.64. The SMILES string of the molecule is COC(=O)[C@@H]1CC[C@@H]1C[Si](F)(F)C(C)(C)C. The molecule has 0 aromatic carbocycles. The molecule has 0 aliphatic heterocycles. The number of rotatable bonds is 3. The number of hydrogen-bond acceptors (Lipinski definition) is 2. The first-order chi connectivity index (χ1) is 7.19. The third-order valence-electron chi connectivity index (χ3n) is 3.54. The summed E-state index contributed by atoms with van der Waals surface area (Å²) in [6.45, 7) is 4.76. The van der Waals surface area contributed by atoms with E-state index in [1.165, 1.54) is 7.11 Å². The molecule has 0 N–H and O–H groups in total. The number of carbonyl (C=O) groups excluding carboxylic acids is 1. The quantitative estimate of drug-likeness (QED) is 0.436. The zero-order chi connectivity index (χ0) is 12.6. The van der Waals surface area contributed by atoms with E-state index in [0.29, 0.717) is 6.42 Å². The van der Waals surface area contributed by atoms with E-state index in [1.807, 2.05) is 0 Å². The third-order valence-corrected chi connectivity index (χ3v) is 6.77. The lowest BCUT2D eigenvalue weighted by molar-refractivity contribution is -0.151. The molecule has 2 atom stereocenters. The average Bonchev–Trinajstić information content (AvgIpc) is 2.10. The number of ether oxygens (including phenoxy) is 1. The lowest BCUT2D eigenvalue weighted by Gasteiger charge is -2.38. The van der Waals surface area contributed by atoms with Gasteiger partial charge in [0.05, 0.1) is 13.0 Å². The maximum Gasteiger partial charge on any atom is 0.430 e. The van der Waals surface area contributed by atoms with E-state index in [9.17, 15) is 13.0 Å². The molecule has 1 rings (SSSR count). The van der Waals surface area contributed by atoms with E-state index in [-0.39, 0.29) is 23.8 Å². The van der Waals surface area contributed by atoms with Crippen molar-refractivity contribution in [2.75, 3.05) is 7.11 Å². The zero-order valence-corrected chi connectivity index (χ0v) is 11.3. The second-order valence-electron chi connectivity index (χ2n) is 5.63. The van der Waals surface area contributed by atoms with Gasteiger partial charge in [-0.25, -0.2) is 0 Å². The molecule has 0 aromatic rings. The van der Waals surface area contributed by atoms with Crippen molar-refractivity contribution in [3.63, 3.8) is 0 Å². The first kappa shape index (κ1) is 13.6. The topological polar surface area (TPSA) is 26.3 Å². The second kappa shape index (κ2) is 4.43. The van der Waals surface area contributed by atoms with Crippen molar-refractivity contribution in [2.45, 2.75) is 44.7 Å². The first-order valence-corrected chi connectivity index (χ1v) is 7.61. The monoisotopic (exact) mass is 250 g/mol. The van der Waals surface area contributed by atoms with Gasteiger partial charge in [-0.1, -0.05) is 20.8 Å². The van der Waals surface area contributed by atoms with Crippen LogP contribution in [0, 0.1) is 11.8 Å². The van der Waals surface area contributed by atoms with Crippen LogP contribution in [0.25, 0.3) is 0 Å². The molecule has 16 heavy (non-hydrogen) atoms. The van der Waals surface area contributed by atoms with E-state index >= 15 is 0 Å². The molecule has 0 unspecified atom stereocenters. The predicted octanol–water partition coefficient (Wildman–Crippen LogP) is 3.37. The summed E-state index contributed by atoms with van der Waals surface area (Å²) < 4.78 is 32.5. The normalized spacial score (nSPS) is 26.1. The molecule has 0 radical (unpaired) electrons. The van der Waals surface area contributed by atoms with E-state index < -0.39 is 13.8 Å². The van der Waals surface area contributed by atoms with Gasteiger partial charge in [0.15, 0.2) is 0 Å². The number of methoxy groups -OCH3 is 1. The van der Waals surface area contributed by atoms with E-state index in [0.717, 1.165) is 6.42 Å². The molecule has 1 fully saturated rings. The molecular weight excluding hydrogens is 230 g/mol. The molecule has 0 bridgehead atoms. The van der Waals surface area contributed by atoms with Gasteiger partial charge in [0.1, 0.15) is 0 Å². The fourth-order valence-electron chi connectivity index (χ4n) is 1.91. The Morgan fingerprint density at radius 3 is 2.25 bits per heavy atom. The molecule has 0 spiro atoms. The largest absolute Gasteiger partial charge is 0.469 e. The van der Waals surface area contributed by atoms with E-state index in [1.54, 1.807) is 20.8 Å². The van der Waals surface area contributed by atoms with Crippen molar-refractivity contribution in [1.82, 2.24) is 0 Å². The van der Waals surface area contributed by atoms with E-state index in [2.05, 4.69) is 4.74 Å². The van der Waals surface area contributed by atoms with Crippen LogP contribution in [-0.2, 0) is 9.53 Å². The lowest BCUT2D eigenvalue weighted by atomic mass is 9.75. The van der Waals surface area contributed by atoms with Crippen molar-refractivity contribution >= 4 is 14.7 Å². The van der Waals surface area contributed by atoms with Crippen molar-refractivity contribution in [1.29, 1.82) is 0 Å². The predicted molar refractivity (Wildman–Crippen MR) is 60.7 cm³/mol. The number of hydrogen-bond donors (Lipinski definition) is 0. The highest BCUT2D eigenvalue weighted by Gasteiger charge is 2.53. The molecule has 5 heteroatoms. The van der Waals surface area contributed by atoms with Crippen molar-refractivity contribution < 1.29 is 17.7 Å². The fourth-order valence-corrected chi connectivity index (χ4v) is 3.67. The third kappa shape index (κ3) is 2.62. The Bertz CT molecular complexity index is 274. The smallest absolute Gasteiger partial charge is 0.430 e. The van der Waals surface area contributed by atoms with Gasteiger partial charge in [-0.15, -0.1) is 0 Å². The molecule has 94 valence electrons. The Hall–Kier alpha value is -0.453. The van der Waals surface area contributed by atoms with Gasteiger partial charge in [-0.2, -0.15) is 0 Å². The van der Waals surface area contributed by atoms with Crippen molar-refractivity contribution in [3.8, 4) is 0 Å². The summed E-state index contributed by atoms with van der Waals surface area (Å²) in [4.78, 5) is 11.3. The highest BCUT2D eigenvalue weighted by Crippen LogP contribution is 2.48. The number of carbonyl (C=O) groups is 1. The Morgan fingerprint density at radius 2 is 1.94 bits per heavy atom. The molecule has 0 saturated heterocycles. The van der Waals surface area contributed by atoms with Crippen LogP contribution in [-0.4, -0.2) is 21.8 Å². The van der Waals surface area contributed by atoms with Crippen LogP contribution >= 0.6 is 0 Å². The minimum Gasteiger partial charge on any atom is -0.469 e. The standard InChI is InChI=1S/C11H20F2O2Si/c1-11(2,3)16(12,13)7-8-5-6-9(8)10(14)15-4/h8-9H,5-7H2,1-4H3/t8-,9-/m1/s1. The molecule has 0 heterocycles. The maximum absolute atomic E-state index is 13.9. The number of esters is 1. The highest BCUT2D eigenvalue weighted by molar-refractivity contribution is 6.69. The molecule has 2 nitrogen and oxygen atoms in total. The molecule has 1 aliphatic carbocycles. The maximum atomic E-state index is 13.9. The van der Waals surface area contributed by atoms with Crippen LogP contribution in [0.1, 0.15) is 33.6 Å². The minimum atomic E-state index is -4.25. The molecule has 1 aliphatic rings. The number of halogens is 2. The summed E-state index contributed by atoms with van der Waals surface area (Å²) in [6, 6.07) is -0.0731. The van der Waals surface area contributed by atoms with Crippen LogP contribution in [0.3, 0.4) is 0 Å². The zero-order valence-electron chi connectivity index (χ0n) is 10.3. The van der Waals surface area contributed by atoms with Gasteiger partial charge in [0.25, 0.3) is 0 Å². The van der Waals surface area contributed by atoms with Crippen molar-refractivity contribution in [2.24, 2.45) is 11.8 Å². The Kier molecular flexibility index (Phi) is 3.77.